The highest BCUT2D eigenvalue weighted by atomic mass is 14.3. The summed E-state index contributed by atoms with van der Waals surface area (Å²) < 4.78 is 0. The average Bonchev–Trinajstić information content (AvgIpc) is 2.93. The van der Waals surface area contributed by atoms with E-state index in [-0.39, 0.29) is 0 Å². The van der Waals surface area contributed by atoms with E-state index in [0.717, 1.165) is 30.1 Å². The monoisotopic (exact) mass is 484 g/mol. The van der Waals surface area contributed by atoms with Gasteiger partial charge in [-0.2, -0.15) is 0 Å². The van der Waals surface area contributed by atoms with Crippen LogP contribution in [0.2, 0.25) is 0 Å². The zero-order valence-electron chi connectivity index (χ0n) is 23.4. The predicted octanol–water partition coefficient (Wildman–Crippen LogP) is 11.3. The van der Waals surface area contributed by atoms with E-state index >= 15 is 0 Å². The van der Waals surface area contributed by atoms with E-state index in [1.165, 1.54) is 113 Å². The van der Waals surface area contributed by atoms with E-state index < -0.39 is 0 Å². The minimum Gasteiger partial charge on any atom is -0.0879 e. The van der Waals surface area contributed by atoms with Crippen LogP contribution in [0.1, 0.15) is 127 Å². The maximum Gasteiger partial charge on any atom is -0.0162 e. The number of hydrogen-bond acceptors (Lipinski definition) is 0. The fourth-order valence-electron chi connectivity index (χ4n) is 6.90. The fraction of sp³-hybridized carbons (Fsp3) is 0.611. The summed E-state index contributed by atoms with van der Waals surface area (Å²) in [7, 11) is 0. The van der Waals surface area contributed by atoms with Crippen LogP contribution in [0.3, 0.4) is 0 Å². The van der Waals surface area contributed by atoms with Crippen LogP contribution >= 0.6 is 0 Å². The van der Waals surface area contributed by atoms with Crippen molar-refractivity contribution in [2.24, 2.45) is 17.8 Å². The number of hydrogen-bond donors (Lipinski definition) is 0. The predicted molar refractivity (Wildman–Crippen MR) is 159 cm³/mol. The van der Waals surface area contributed by atoms with Gasteiger partial charge in [0.25, 0.3) is 0 Å². The van der Waals surface area contributed by atoms with Crippen molar-refractivity contribution in [2.75, 3.05) is 0 Å². The molecule has 0 spiro atoms. The highest BCUT2D eigenvalue weighted by molar-refractivity contribution is 5.64. The Bertz CT molecular complexity index is 871. The van der Waals surface area contributed by atoms with Crippen LogP contribution in [0, 0.1) is 17.8 Å². The van der Waals surface area contributed by atoms with E-state index in [2.05, 4.69) is 74.5 Å². The lowest BCUT2D eigenvalue weighted by Crippen LogP contribution is -2.13. The van der Waals surface area contributed by atoms with E-state index in [9.17, 15) is 0 Å². The van der Waals surface area contributed by atoms with Crippen molar-refractivity contribution in [3.8, 4) is 11.1 Å². The van der Waals surface area contributed by atoms with Crippen LogP contribution in [0.4, 0.5) is 0 Å². The number of benzene rings is 2. The molecule has 196 valence electrons. The largest absolute Gasteiger partial charge is 0.0879 e. The van der Waals surface area contributed by atoms with Gasteiger partial charge in [-0.05, 0) is 110 Å². The molecule has 0 heterocycles. The molecule has 2 saturated carbocycles. The van der Waals surface area contributed by atoms with Crippen LogP contribution < -0.4 is 0 Å². The molecule has 0 heteroatoms. The van der Waals surface area contributed by atoms with Crippen LogP contribution in [0.25, 0.3) is 11.1 Å². The first-order chi connectivity index (χ1) is 17.7. The molecule has 0 aromatic heterocycles. The molecule has 0 bridgehead atoms. The summed E-state index contributed by atoms with van der Waals surface area (Å²) >= 11 is 0. The molecular formula is C36H52. The van der Waals surface area contributed by atoms with E-state index in [4.69, 9.17) is 0 Å². The first-order valence-electron chi connectivity index (χ1n) is 15.6. The molecule has 2 aliphatic rings. The van der Waals surface area contributed by atoms with Gasteiger partial charge in [0.2, 0.25) is 0 Å². The Kier molecular flexibility index (Phi) is 11.2. The Morgan fingerprint density at radius 3 is 1.89 bits per heavy atom. The summed E-state index contributed by atoms with van der Waals surface area (Å²) in [5.41, 5.74) is 5.73. The normalized spacial score (nSPS) is 24.8. The van der Waals surface area contributed by atoms with Crippen molar-refractivity contribution in [3.05, 3.63) is 71.8 Å². The minimum atomic E-state index is 0.781. The van der Waals surface area contributed by atoms with Gasteiger partial charge < -0.3 is 0 Å². The summed E-state index contributed by atoms with van der Waals surface area (Å²) in [6.07, 6.45) is 27.2. The molecule has 0 nitrogen and oxygen atoms in total. The third-order valence-electron chi connectivity index (χ3n) is 9.33. The molecule has 0 radical (unpaired) electrons. The van der Waals surface area contributed by atoms with Crippen LogP contribution in [0.15, 0.2) is 60.7 Å². The molecule has 4 rings (SSSR count). The molecule has 2 aromatic carbocycles. The zero-order valence-corrected chi connectivity index (χ0v) is 23.4. The summed E-state index contributed by atoms with van der Waals surface area (Å²) in [5.74, 6) is 3.62. The molecule has 0 N–H and O–H groups in total. The molecule has 0 aliphatic heterocycles. The van der Waals surface area contributed by atoms with Gasteiger partial charge in [0.1, 0.15) is 0 Å². The van der Waals surface area contributed by atoms with Gasteiger partial charge in [0.15, 0.2) is 0 Å². The topological polar surface area (TPSA) is 0 Å². The molecule has 2 aliphatic carbocycles. The van der Waals surface area contributed by atoms with E-state index in [1.807, 2.05) is 0 Å². The number of aryl methyl sites for hydroxylation is 1. The second-order valence-electron chi connectivity index (χ2n) is 12.1. The molecule has 2 aromatic rings. The SMILES string of the molecule is CCCCCC1CCC(C=CCCc2ccc(-c3ccc(C4CCC(CCC)CC4)cc3)cc2)CC1. The summed E-state index contributed by atoms with van der Waals surface area (Å²) in [4.78, 5) is 0. The number of allylic oxidation sites excluding steroid dienone is 2. The van der Waals surface area contributed by atoms with Crippen LogP contribution in [-0.2, 0) is 6.42 Å². The maximum absolute atomic E-state index is 2.54. The Balaban J connectivity index is 1.18. The average molecular weight is 485 g/mol. The Morgan fingerprint density at radius 2 is 1.25 bits per heavy atom. The highest BCUT2D eigenvalue weighted by Gasteiger charge is 2.22. The van der Waals surface area contributed by atoms with Crippen LogP contribution in [-0.4, -0.2) is 0 Å². The van der Waals surface area contributed by atoms with Crippen molar-refractivity contribution in [1.29, 1.82) is 0 Å². The Hall–Kier alpha value is -1.82. The van der Waals surface area contributed by atoms with Crippen molar-refractivity contribution in [3.63, 3.8) is 0 Å². The van der Waals surface area contributed by atoms with E-state index in [0.29, 0.717) is 0 Å². The second-order valence-corrected chi connectivity index (χ2v) is 12.1. The van der Waals surface area contributed by atoms with Crippen molar-refractivity contribution in [2.45, 2.75) is 122 Å². The third-order valence-corrected chi connectivity index (χ3v) is 9.33. The van der Waals surface area contributed by atoms with Gasteiger partial charge in [-0.1, -0.05) is 113 Å². The molecule has 2 fully saturated rings. The summed E-state index contributed by atoms with van der Waals surface area (Å²) in [6.45, 7) is 4.64. The van der Waals surface area contributed by atoms with Gasteiger partial charge in [0.05, 0.1) is 0 Å². The van der Waals surface area contributed by atoms with Crippen molar-refractivity contribution in [1.82, 2.24) is 0 Å². The Labute approximate surface area is 223 Å². The molecule has 36 heavy (non-hydrogen) atoms. The van der Waals surface area contributed by atoms with E-state index in [1.54, 1.807) is 5.56 Å². The van der Waals surface area contributed by atoms with Gasteiger partial charge >= 0.3 is 0 Å². The maximum atomic E-state index is 2.54. The lowest BCUT2D eigenvalue weighted by Gasteiger charge is -2.28. The smallest absolute Gasteiger partial charge is 0.0162 e. The van der Waals surface area contributed by atoms with Crippen molar-refractivity contribution >= 4 is 0 Å². The van der Waals surface area contributed by atoms with Crippen LogP contribution in [0.5, 0.6) is 0 Å². The summed E-state index contributed by atoms with van der Waals surface area (Å²) in [6, 6.07) is 18.8. The molecule has 0 unspecified atom stereocenters. The second kappa shape index (κ2) is 14.8. The standard InChI is InChI=1S/C36H52/c1-3-5-6-10-30-13-15-31(16-14-30)11-7-8-12-32-19-23-34(24-20-32)36-27-25-35(26-28-36)33-21-17-29(9-4-2)18-22-33/h7,11,19-20,23-31,33H,3-6,8-10,12-18,21-22H2,1-2H3. The quantitative estimate of drug-likeness (QED) is 0.207. The lowest BCUT2D eigenvalue weighted by atomic mass is 9.77. The fourth-order valence-corrected chi connectivity index (χ4v) is 6.90. The zero-order chi connectivity index (χ0) is 25.0. The van der Waals surface area contributed by atoms with Crippen molar-refractivity contribution < 1.29 is 0 Å². The van der Waals surface area contributed by atoms with Gasteiger partial charge in [-0.15, -0.1) is 0 Å². The summed E-state index contributed by atoms with van der Waals surface area (Å²) in [5, 5.41) is 0. The molecular weight excluding hydrogens is 432 g/mol. The highest BCUT2D eigenvalue weighted by Crippen LogP contribution is 2.38. The minimum absolute atomic E-state index is 0.781. The van der Waals surface area contributed by atoms with Gasteiger partial charge in [0, 0.05) is 0 Å². The first kappa shape index (κ1) is 27.2. The molecule has 0 amide bonds. The first-order valence-corrected chi connectivity index (χ1v) is 15.6. The molecule has 0 atom stereocenters. The van der Waals surface area contributed by atoms with Gasteiger partial charge in [-0.25, -0.2) is 0 Å². The lowest BCUT2D eigenvalue weighted by molar-refractivity contribution is 0.289. The molecule has 0 saturated heterocycles. The van der Waals surface area contributed by atoms with Gasteiger partial charge in [-0.3, -0.25) is 0 Å². The number of unbranched alkanes of at least 4 members (excludes halogenated alkanes) is 2. The number of rotatable bonds is 12. The Morgan fingerprint density at radius 1 is 0.639 bits per heavy atom. The third kappa shape index (κ3) is 8.36.